The van der Waals surface area contributed by atoms with Gasteiger partial charge in [0.15, 0.2) is 0 Å². The van der Waals surface area contributed by atoms with Gasteiger partial charge in [0.1, 0.15) is 0 Å². The highest BCUT2D eigenvalue weighted by Crippen LogP contribution is 2.39. The highest BCUT2D eigenvalue weighted by molar-refractivity contribution is 5.89. The van der Waals surface area contributed by atoms with Crippen molar-refractivity contribution < 1.29 is 14.3 Å². The Balaban J connectivity index is 1.96. The molecule has 3 rings (SSSR count). The molecule has 2 aromatic rings. The third-order valence-corrected chi connectivity index (χ3v) is 3.88. The van der Waals surface area contributed by atoms with Gasteiger partial charge in [-0.3, -0.25) is 0 Å². The molecule has 0 atom stereocenters. The molecule has 1 heterocycles. The van der Waals surface area contributed by atoms with Crippen molar-refractivity contribution in [2.24, 2.45) is 0 Å². The van der Waals surface area contributed by atoms with Crippen molar-refractivity contribution in [2.45, 2.75) is 5.41 Å². The SMILES string of the molecule is COC(=O)c1ccc(C2(c3ccccc3)COC2)cc1. The first-order valence-electron chi connectivity index (χ1n) is 6.58. The smallest absolute Gasteiger partial charge is 0.337 e. The second kappa shape index (κ2) is 5.10. The maximum Gasteiger partial charge on any atom is 0.337 e. The number of hydrogen-bond acceptors (Lipinski definition) is 3. The fourth-order valence-electron chi connectivity index (χ4n) is 2.61. The molecule has 0 aromatic heterocycles. The number of carbonyl (C=O) groups excluding carboxylic acids is 1. The van der Waals surface area contributed by atoms with Gasteiger partial charge in [-0.05, 0) is 23.3 Å². The van der Waals surface area contributed by atoms with E-state index in [-0.39, 0.29) is 11.4 Å². The number of methoxy groups -OCH3 is 1. The van der Waals surface area contributed by atoms with Crippen LogP contribution in [-0.2, 0) is 14.9 Å². The minimum atomic E-state index is -0.310. The molecule has 0 radical (unpaired) electrons. The van der Waals surface area contributed by atoms with Crippen LogP contribution in [0.1, 0.15) is 21.5 Å². The van der Waals surface area contributed by atoms with Crippen LogP contribution in [0.25, 0.3) is 0 Å². The molecule has 102 valence electrons. The zero-order valence-corrected chi connectivity index (χ0v) is 11.3. The van der Waals surface area contributed by atoms with E-state index in [1.54, 1.807) is 0 Å². The number of benzene rings is 2. The molecular weight excluding hydrogens is 252 g/mol. The lowest BCUT2D eigenvalue weighted by Crippen LogP contribution is -2.47. The summed E-state index contributed by atoms with van der Waals surface area (Å²) >= 11 is 0. The Kier molecular flexibility index (Phi) is 3.28. The van der Waals surface area contributed by atoms with E-state index in [0.29, 0.717) is 18.8 Å². The third-order valence-electron chi connectivity index (χ3n) is 3.88. The van der Waals surface area contributed by atoms with Crippen molar-refractivity contribution in [1.82, 2.24) is 0 Å². The van der Waals surface area contributed by atoms with Crippen molar-refractivity contribution in [3.63, 3.8) is 0 Å². The van der Waals surface area contributed by atoms with Gasteiger partial charge in [0, 0.05) is 0 Å². The minimum Gasteiger partial charge on any atom is -0.465 e. The van der Waals surface area contributed by atoms with Crippen LogP contribution in [0, 0.1) is 0 Å². The molecule has 0 amide bonds. The predicted molar refractivity (Wildman–Crippen MR) is 75.8 cm³/mol. The minimum absolute atomic E-state index is 0.0874. The molecule has 3 nitrogen and oxygen atoms in total. The Hall–Kier alpha value is -2.13. The normalized spacial score (nSPS) is 16.2. The number of ether oxygens (including phenoxy) is 2. The van der Waals surface area contributed by atoms with Gasteiger partial charge >= 0.3 is 5.97 Å². The summed E-state index contributed by atoms with van der Waals surface area (Å²) in [5.74, 6) is -0.310. The molecule has 0 unspecified atom stereocenters. The molecule has 0 spiro atoms. The van der Waals surface area contributed by atoms with Gasteiger partial charge in [-0.25, -0.2) is 4.79 Å². The first-order valence-corrected chi connectivity index (χ1v) is 6.58. The molecule has 1 aliphatic rings. The number of carbonyl (C=O) groups is 1. The predicted octanol–water partition coefficient (Wildman–Crippen LogP) is 2.79. The van der Waals surface area contributed by atoms with Gasteiger partial charge < -0.3 is 9.47 Å². The van der Waals surface area contributed by atoms with Crippen LogP contribution >= 0.6 is 0 Å². The Morgan fingerprint density at radius 1 is 1.00 bits per heavy atom. The van der Waals surface area contributed by atoms with Crippen LogP contribution < -0.4 is 0 Å². The van der Waals surface area contributed by atoms with Crippen LogP contribution in [0.3, 0.4) is 0 Å². The quantitative estimate of drug-likeness (QED) is 0.803. The summed E-state index contributed by atoms with van der Waals surface area (Å²) in [6.07, 6.45) is 0. The molecular formula is C17H16O3. The van der Waals surface area contributed by atoms with E-state index >= 15 is 0 Å². The summed E-state index contributed by atoms with van der Waals surface area (Å²) in [4.78, 5) is 11.5. The lowest BCUT2D eigenvalue weighted by Gasteiger charge is -2.42. The van der Waals surface area contributed by atoms with E-state index in [1.807, 2.05) is 42.5 Å². The molecule has 1 fully saturated rings. The van der Waals surface area contributed by atoms with E-state index in [4.69, 9.17) is 9.47 Å². The number of hydrogen-bond donors (Lipinski definition) is 0. The number of esters is 1. The Labute approximate surface area is 118 Å². The van der Waals surface area contributed by atoms with E-state index in [0.717, 1.165) is 0 Å². The molecule has 2 aromatic carbocycles. The van der Waals surface area contributed by atoms with Crippen molar-refractivity contribution >= 4 is 5.97 Å². The van der Waals surface area contributed by atoms with Crippen molar-refractivity contribution in [1.29, 1.82) is 0 Å². The van der Waals surface area contributed by atoms with Gasteiger partial charge in [0.25, 0.3) is 0 Å². The van der Waals surface area contributed by atoms with Gasteiger partial charge in [-0.2, -0.15) is 0 Å². The summed E-state index contributed by atoms with van der Waals surface area (Å²) in [5.41, 5.74) is 2.90. The summed E-state index contributed by atoms with van der Waals surface area (Å²) in [6.45, 7) is 1.35. The highest BCUT2D eigenvalue weighted by atomic mass is 16.5. The monoisotopic (exact) mass is 268 g/mol. The fraction of sp³-hybridized carbons (Fsp3) is 0.235. The maximum absolute atomic E-state index is 11.5. The zero-order valence-electron chi connectivity index (χ0n) is 11.3. The Bertz CT molecular complexity index is 598. The topological polar surface area (TPSA) is 35.5 Å². The van der Waals surface area contributed by atoms with Crippen LogP contribution in [0.15, 0.2) is 54.6 Å². The molecule has 20 heavy (non-hydrogen) atoms. The molecule has 1 aliphatic heterocycles. The van der Waals surface area contributed by atoms with Crippen LogP contribution in [-0.4, -0.2) is 26.3 Å². The fourth-order valence-corrected chi connectivity index (χ4v) is 2.61. The average Bonchev–Trinajstić information content (AvgIpc) is 2.47. The lowest BCUT2D eigenvalue weighted by molar-refractivity contribution is -0.0379. The molecule has 0 aliphatic carbocycles. The molecule has 0 bridgehead atoms. The lowest BCUT2D eigenvalue weighted by atomic mass is 9.73. The first kappa shape index (κ1) is 12.9. The average molecular weight is 268 g/mol. The van der Waals surface area contributed by atoms with Crippen molar-refractivity contribution in [3.8, 4) is 0 Å². The second-order valence-corrected chi connectivity index (χ2v) is 5.01. The van der Waals surface area contributed by atoms with Gasteiger partial charge in [-0.1, -0.05) is 42.5 Å². The third kappa shape index (κ3) is 2.00. The largest absolute Gasteiger partial charge is 0.465 e. The first-order chi connectivity index (χ1) is 9.76. The Morgan fingerprint density at radius 3 is 2.10 bits per heavy atom. The van der Waals surface area contributed by atoms with Gasteiger partial charge in [0.2, 0.25) is 0 Å². The van der Waals surface area contributed by atoms with Crippen LogP contribution in [0.5, 0.6) is 0 Å². The Morgan fingerprint density at radius 2 is 1.60 bits per heavy atom. The summed E-state index contributed by atoms with van der Waals surface area (Å²) in [7, 11) is 1.39. The van der Waals surface area contributed by atoms with Gasteiger partial charge in [-0.15, -0.1) is 0 Å². The van der Waals surface area contributed by atoms with Crippen molar-refractivity contribution in [3.05, 3.63) is 71.3 Å². The second-order valence-electron chi connectivity index (χ2n) is 5.01. The summed E-state index contributed by atoms with van der Waals surface area (Å²) < 4.78 is 10.2. The standard InChI is InChI=1S/C17H16O3/c1-19-16(18)13-7-9-15(10-8-13)17(11-20-12-17)14-5-3-2-4-6-14/h2-10H,11-12H2,1H3. The van der Waals surface area contributed by atoms with E-state index in [2.05, 4.69) is 12.1 Å². The van der Waals surface area contributed by atoms with E-state index in [1.165, 1.54) is 18.2 Å². The molecule has 1 saturated heterocycles. The van der Waals surface area contributed by atoms with E-state index < -0.39 is 0 Å². The van der Waals surface area contributed by atoms with Crippen molar-refractivity contribution in [2.75, 3.05) is 20.3 Å². The zero-order chi connectivity index (χ0) is 14.0. The molecule has 0 N–H and O–H groups in total. The maximum atomic E-state index is 11.5. The molecule has 3 heteroatoms. The summed E-state index contributed by atoms with van der Waals surface area (Å²) in [6, 6.07) is 17.9. The van der Waals surface area contributed by atoms with Crippen LogP contribution in [0.4, 0.5) is 0 Å². The van der Waals surface area contributed by atoms with E-state index in [9.17, 15) is 4.79 Å². The van der Waals surface area contributed by atoms with Gasteiger partial charge in [0.05, 0.1) is 31.3 Å². The molecule has 0 saturated carbocycles. The summed E-state index contributed by atoms with van der Waals surface area (Å²) in [5, 5.41) is 0. The number of rotatable bonds is 3. The highest BCUT2D eigenvalue weighted by Gasteiger charge is 2.41. The van der Waals surface area contributed by atoms with Crippen LogP contribution in [0.2, 0.25) is 0 Å².